The fraction of sp³-hybridized carbons (Fsp3) is 0.444. The maximum Gasteiger partial charge on any atom is 0.0624 e. The number of aliphatic hydroxyl groups excluding tert-OH is 1. The summed E-state index contributed by atoms with van der Waals surface area (Å²) in [6.45, 7) is 3.88. The quantitative estimate of drug-likeness (QED) is 0.679. The van der Waals surface area contributed by atoms with Crippen LogP contribution < -0.4 is 5.73 Å². The van der Waals surface area contributed by atoms with Gasteiger partial charge in [-0.3, -0.25) is 4.98 Å². The normalized spacial score (nSPS) is 13.0. The van der Waals surface area contributed by atoms with Gasteiger partial charge in [-0.2, -0.15) is 0 Å². The first-order valence-corrected chi connectivity index (χ1v) is 3.95. The standard InChI is InChI=1S/C9H14N2O/c1-6-7(2)11-4-3-8(6)9(10)5-12/h3-4,9,12H,5,10H2,1-2H3. The van der Waals surface area contributed by atoms with Gasteiger partial charge >= 0.3 is 0 Å². The second kappa shape index (κ2) is 3.65. The number of nitrogens with two attached hydrogens (primary N) is 1. The third kappa shape index (κ3) is 1.62. The van der Waals surface area contributed by atoms with Crippen molar-refractivity contribution in [1.29, 1.82) is 0 Å². The van der Waals surface area contributed by atoms with Crippen LogP contribution in [0.1, 0.15) is 22.9 Å². The molecule has 1 aromatic heterocycles. The first kappa shape index (κ1) is 9.16. The molecule has 1 atom stereocenters. The van der Waals surface area contributed by atoms with Gasteiger partial charge < -0.3 is 10.8 Å². The van der Waals surface area contributed by atoms with Crippen LogP contribution in [-0.4, -0.2) is 16.7 Å². The minimum absolute atomic E-state index is 0.0235. The first-order chi connectivity index (χ1) is 5.66. The molecule has 1 heterocycles. The number of hydrogen-bond acceptors (Lipinski definition) is 3. The van der Waals surface area contributed by atoms with Crippen molar-refractivity contribution in [2.45, 2.75) is 19.9 Å². The molecule has 1 rings (SSSR count). The Labute approximate surface area is 72.2 Å². The van der Waals surface area contributed by atoms with Gasteiger partial charge in [-0.1, -0.05) is 0 Å². The summed E-state index contributed by atoms with van der Waals surface area (Å²) < 4.78 is 0. The molecule has 66 valence electrons. The van der Waals surface area contributed by atoms with Gasteiger partial charge in [0.15, 0.2) is 0 Å². The molecule has 3 nitrogen and oxygen atoms in total. The predicted molar refractivity (Wildman–Crippen MR) is 47.7 cm³/mol. The highest BCUT2D eigenvalue weighted by Gasteiger charge is 2.08. The second-order valence-corrected chi connectivity index (χ2v) is 2.90. The summed E-state index contributed by atoms with van der Waals surface area (Å²) in [4.78, 5) is 4.12. The number of rotatable bonds is 2. The highest BCUT2D eigenvalue weighted by atomic mass is 16.3. The zero-order chi connectivity index (χ0) is 9.14. The highest BCUT2D eigenvalue weighted by molar-refractivity contribution is 5.30. The molecular formula is C9H14N2O. The lowest BCUT2D eigenvalue weighted by molar-refractivity contribution is 0.267. The summed E-state index contributed by atoms with van der Waals surface area (Å²) in [7, 11) is 0. The lowest BCUT2D eigenvalue weighted by atomic mass is 10.0. The average molecular weight is 166 g/mol. The van der Waals surface area contributed by atoms with Crippen LogP contribution >= 0.6 is 0 Å². The molecule has 0 aliphatic heterocycles. The Hall–Kier alpha value is -0.930. The zero-order valence-corrected chi connectivity index (χ0v) is 7.41. The molecule has 0 saturated heterocycles. The van der Waals surface area contributed by atoms with E-state index in [1.165, 1.54) is 0 Å². The molecule has 0 spiro atoms. The predicted octanol–water partition coefficient (Wildman–Crippen LogP) is 0.691. The summed E-state index contributed by atoms with van der Waals surface area (Å²) in [5.74, 6) is 0. The van der Waals surface area contributed by atoms with Gasteiger partial charge in [0, 0.05) is 11.9 Å². The van der Waals surface area contributed by atoms with E-state index < -0.39 is 0 Å². The van der Waals surface area contributed by atoms with Gasteiger partial charge in [-0.15, -0.1) is 0 Å². The first-order valence-electron chi connectivity index (χ1n) is 3.95. The smallest absolute Gasteiger partial charge is 0.0624 e. The largest absolute Gasteiger partial charge is 0.394 e. The van der Waals surface area contributed by atoms with Crippen molar-refractivity contribution >= 4 is 0 Å². The number of pyridine rings is 1. The van der Waals surface area contributed by atoms with Crippen molar-refractivity contribution < 1.29 is 5.11 Å². The Morgan fingerprint density at radius 3 is 2.83 bits per heavy atom. The van der Waals surface area contributed by atoms with Gasteiger partial charge in [0.1, 0.15) is 0 Å². The zero-order valence-electron chi connectivity index (χ0n) is 7.41. The van der Waals surface area contributed by atoms with Gasteiger partial charge in [0.2, 0.25) is 0 Å². The molecule has 0 amide bonds. The van der Waals surface area contributed by atoms with E-state index in [9.17, 15) is 0 Å². The van der Waals surface area contributed by atoms with Crippen molar-refractivity contribution in [2.75, 3.05) is 6.61 Å². The van der Waals surface area contributed by atoms with E-state index in [1.54, 1.807) is 6.20 Å². The van der Waals surface area contributed by atoms with E-state index in [2.05, 4.69) is 4.98 Å². The highest BCUT2D eigenvalue weighted by Crippen LogP contribution is 2.16. The lowest BCUT2D eigenvalue weighted by Gasteiger charge is -2.12. The van der Waals surface area contributed by atoms with E-state index in [1.807, 2.05) is 19.9 Å². The summed E-state index contributed by atoms with van der Waals surface area (Å²) in [6.07, 6.45) is 1.72. The fourth-order valence-corrected chi connectivity index (χ4v) is 1.16. The van der Waals surface area contributed by atoms with E-state index >= 15 is 0 Å². The summed E-state index contributed by atoms with van der Waals surface area (Å²) in [6, 6.07) is 1.56. The lowest BCUT2D eigenvalue weighted by Crippen LogP contribution is -2.16. The van der Waals surface area contributed by atoms with Crippen LogP contribution in [0.5, 0.6) is 0 Å². The monoisotopic (exact) mass is 166 g/mol. The number of aliphatic hydroxyl groups is 1. The van der Waals surface area contributed by atoms with Gasteiger partial charge in [-0.25, -0.2) is 0 Å². The van der Waals surface area contributed by atoms with Crippen molar-refractivity contribution in [1.82, 2.24) is 4.98 Å². The van der Waals surface area contributed by atoms with Crippen molar-refractivity contribution in [3.8, 4) is 0 Å². The Bertz CT molecular complexity index is 273. The molecule has 1 unspecified atom stereocenters. The minimum atomic E-state index is -0.285. The molecular weight excluding hydrogens is 152 g/mol. The Morgan fingerprint density at radius 1 is 1.58 bits per heavy atom. The maximum absolute atomic E-state index is 8.86. The minimum Gasteiger partial charge on any atom is -0.394 e. The molecule has 0 aliphatic carbocycles. The van der Waals surface area contributed by atoms with Crippen LogP contribution in [0.25, 0.3) is 0 Å². The molecule has 0 aliphatic rings. The molecule has 0 bridgehead atoms. The summed E-state index contributed by atoms with van der Waals surface area (Å²) in [5, 5.41) is 8.86. The van der Waals surface area contributed by atoms with Crippen LogP contribution in [0.15, 0.2) is 12.3 Å². The number of aryl methyl sites for hydroxylation is 1. The van der Waals surface area contributed by atoms with Crippen molar-refractivity contribution in [3.05, 3.63) is 29.1 Å². The van der Waals surface area contributed by atoms with Gasteiger partial charge in [0.05, 0.1) is 12.6 Å². The number of nitrogens with zero attached hydrogens (tertiary/aromatic N) is 1. The third-order valence-electron chi connectivity index (χ3n) is 2.09. The maximum atomic E-state index is 8.86. The van der Waals surface area contributed by atoms with Gasteiger partial charge in [-0.05, 0) is 31.0 Å². The van der Waals surface area contributed by atoms with Crippen LogP contribution in [0, 0.1) is 13.8 Å². The number of hydrogen-bond donors (Lipinski definition) is 2. The molecule has 1 aromatic rings. The summed E-state index contributed by atoms with van der Waals surface area (Å²) >= 11 is 0. The molecule has 0 aromatic carbocycles. The molecule has 0 saturated carbocycles. The molecule has 0 fully saturated rings. The van der Waals surface area contributed by atoms with E-state index in [-0.39, 0.29) is 12.6 Å². The van der Waals surface area contributed by atoms with Crippen molar-refractivity contribution in [2.24, 2.45) is 5.73 Å². The Balaban J connectivity index is 3.07. The van der Waals surface area contributed by atoms with E-state index in [0.29, 0.717) is 0 Å². The Kier molecular flexibility index (Phi) is 2.78. The van der Waals surface area contributed by atoms with E-state index in [4.69, 9.17) is 10.8 Å². The fourth-order valence-electron chi connectivity index (χ4n) is 1.16. The molecule has 3 N–H and O–H groups in total. The molecule has 0 radical (unpaired) electrons. The van der Waals surface area contributed by atoms with E-state index in [0.717, 1.165) is 16.8 Å². The van der Waals surface area contributed by atoms with Gasteiger partial charge in [0.25, 0.3) is 0 Å². The third-order valence-corrected chi connectivity index (χ3v) is 2.09. The SMILES string of the molecule is Cc1nccc(C(N)CO)c1C. The van der Waals surface area contributed by atoms with Crippen molar-refractivity contribution in [3.63, 3.8) is 0 Å². The number of aromatic nitrogens is 1. The Morgan fingerprint density at radius 2 is 2.25 bits per heavy atom. The van der Waals surface area contributed by atoms with Crippen LogP contribution in [0.4, 0.5) is 0 Å². The summed E-state index contributed by atoms with van der Waals surface area (Å²) in [5.41, 5.74) is 8.70. The molecule has 3 heteroatoms. The van der Waals surface area contributed by atoms with Crippen LogP contribution in [-0.2, 0) is 0 Å². The van der Waals surface area contributed by atoms with Crippen LogP contribution in [0.2, 0.25) is 0 Å². The second-order valence-electron chi connectivity index (χ2n) is 2.90. The topological polar surface area (TPSA) is 59.1 Å². The van der Waals surface area contributed by atoms with Crippen LogP contribution in [0.3, 0.4) is 0 Å². The average Bonchev–Trinajstić information content (AvgIpc) is 2.08. The molecule has 12 heavy (non-hydrogen) atoms.